The van der Waals surface area contributed by atoms with Crippen molar-refractivity contribution in [3.05, 3.63) is 53.0 Å². The number of carbonyl (C=O) groups is 1. The molecule has 7 heteroatoms. The lowest BCUT2D eigenvalue weighted by molar-refractivity contribution is -0.116. The van der Waals surface area contributed by atoms with Crippen LogP contribution in [0.3, 0.4) is 0 Å². The maximum atomic E-state index is 11.9. The molecule has 0 aliphatic rings. The molecule has 126 valence electrons. The molecule has 0 aliphatic carbocycles. The van der Waals surface area contributed by atoms with E-state index >= 15 is 0 Å². The number of methoxy groups -OCH3 is 1. The van der Waals surface area contributed by atoms with Crippen LogP contribution in [-0.4, -0.2) is 25.5 Å². The van der Waals surface area contributed by atoms with E-state index in [4.69, 9.17) is 10.5 Å². The first-order valence-corrected chi connectivity index (χ1v) is 8.13. The summed E-state index contributed by atoms with van der Waals surface area (Å²) in [6.45, 7) is 0.288. The number of para-hydroxylation sites is 2. The summed E-state index contributed by atoms with van der Waals surface area (Å²) in [4.78, 5) is 16.0. The molecule has 0 spiro atoms. The quantitative estimate of drug-likeness (QED) is 0.521. The Morgan fingerprint density at radius 3 is 2.58 bits per heavy atom. The number of amides is 1. The van der Waals surface area contributed by atoms with Gasteiger partial charge in [0, 0.05) is 16.6 Å². The molecule has 6 nitrogen and oxygen atoms in total. The molecule has 0 unspecified atom stereocenters. The molecule has 0 fully saturated rings. The van der Waals surface area contributed by atoms with Gasteiger partial charge < -0.3 is 21.1 Å². The van der Waals surface area contributed by atoms with Gasteiger partial charge in [-0.1, -0.05) is 28.1 Å². The Morgan fingerprint density at radius 1 is 1.17 bits per heavy atom. The van der Waals surface area contributed by atoms with Gasteiger partial charge in [0.25, 0.3) is 0 Å². The Morgan fingerprint density at radius 2 is 1.88 bits per heavy atom. The van der Waals surface area contributed by atoms with Crippen LogP contribution in [0, 0.1) is 0 Å². The number of hydrogen-bond acceptors (Lipinski definition) is 3. The lowest BCUT2D eigenvalue weighted by atomic mass is 10.3. The summed E-state index contributed by atoms with van der Waals surface area (Å²) in [5.41, 5.74) is 7.30. The fraction of sp³-hybridized carbons (Fsp3) is 0.176. The van der Waals surface area contributed by atoms with Crippen LogP contribution in [0.15, 0.2) is 58.0 Å². The number of aliphatic imine (C=N–C) groups is 1. The van der Waals surface area contributed by atoms with E-state index in [9.17, 15) is 4.79 Å². The molecule has 1 amide bonds. The van der Waals surface area contributed by atoms with E-state index in [0.29, 0.717) is 5.75 Å². The smallest absolute Gasteiger partial charge is 0.226 e. The minimum absolute atomic E-state index is 0.119. The zero-order valence-corrected chi connectivity index (χ0v) is 14.8. The molecule has 2 aromatic carbocycles. The molecule has 0 radical (unpaired) electrons. The molecule has 2 aromatic rings. The van der Waals surface area contributed by atoms with Gasteiger partial charge in [0.1, 0.15) is 5.75 Å². The van der Waals surface area contributed by atoms with Crippen LogP contribution in [0.5, 0.6) is 5.75 Å². The van der Waals surface area contributed by atoms with Gasteiger partial charge in [0.05, 0.1) is 19.3 Å². The molecule has 0 atom stereocenters. The predicted octanol–water partition coefficient (Wildman–Crippen LogP) is 3.21. The molecule has 4 N–H and O–H groups in total. The van der Waals surface area contributed by atoms with E-state index < -0.39 is 0 Å². The van der Waals surface area contributed by atoms with Gasteiger partial charge in [-0.15, -0.1) is 0 Å². The summed E-state index contributed by atoms with van der Waals surface area (Å²) in [6, 6.07) is 14.8. The summed E-state index contributed by atoms with van der Waals surface area (Å²) in [5.74, 6) is 0.783. The zero-order valence-electron chi connectivity index (χ0n) is 13.3. The highest BCUT2D eigenvalue weighted by atomic mass is 79.9. The van der Waals surface area contributed by atoms with E-state index in [1.54, 1.807) is 7.11 Å². The van der Waals surface area contributed by atoms with Crippen LogP contribution in [0.2, 0.25) is 0 Å². The monoisotopic (exact) mass is 390 g/mol. The van der Waals surface area contributed by atoms with Crippen LogP contribution >= 0.6 is 15.9 Å². The number of ether oxygens (including phenoxy) is 1. The van der Waals surface area contributed by atoms with Gasteiger partial charge in [0.15, 0.2) is 5.96 Å². The molecule has 0 heterocycles. The topological polar surface area (TPSA) is 88.7 Å². The standard InChI is InChI=1S/C17H19BrN4O2/c1-24-15-5-3-2-4-14(15)22-17(19)20-11-10-16(23)21-13-8-6-12(18)7-9-13/h2-9H,10-11H2,1H3,(H,21,23)(H3,19,20,22). The first kappa shape index (κ1) is 17.8. The summed E-state index contributed by atoms with van der Waals surface area (Å²) in [5, 5.41) is 5.76. The van der Waals surface area contributed by atoms with E-state index in [2.05, 4.69) is 31.6 Å². The minimum Gasteiger partial charge on any atom is -0.495 e. The summed E-state index contributed by atoms with van der Waals surface area (Å²) >= 11 is 3.35. The Bertz CT molecular complexity index is 717. The normalized spacial score (nSPS) is 11.0. The number of guanidine groups is 1. The number of hydrogen-bond donors (Lipinski definition) is 3. The van der Waals surface area contributed by atoms with E-state index in [0.717, 1.165) is 15.8 Å². The van der Waals surface area contributed by atoms with Gasteiger partial charge >= 0.3 is 0 Å². The molecule has 0 aromatic heterocycles. The first-order chi connectivity index (χ1) is 11.6. The van der Waals surface area contributed by atoms with Crippen LogP contribution in [0.4, 0.5) is 11.4 Å². The van der Waals surface area contributed by atoms with E-state index in [1.165, 1.54) is 0 Å². The van der Waals surface area contributed by atoms with Crippen molar-refractivity contribution in [3.8, 4) is 5.75 Å². The minimum atomic E-state index is -0.119. The number of nitrogens with one attached hydrogen (secondary N) is 2. The van der Waals surface area contributed by atoms with Crippen molar-refractivity contribution in [2.45, 2.75) is 6.42 Å². The highest BCUT2D eigenvalue weighted by Gasteiger charge is 2.04. The zero-order chi connectivity index (χ0) is 17.4. The number of rotatable bonds is 6. The van der Waals surface area contributed by atoms with Gasteiger partial charge in [-0.05, 0) is 36.4 Å². The molecule has 24 heavy (non-hydrogen) atoms. The predicted molar refractivity (Wildman–Crippen MR) is 100 cm³/mol. The molecule has 0 saturated carbocycles. The Balaban J connectivity index is 1.82. The fourth-order valence-corrected chi connectivity index (χ4v) is 2.22. The molecule has 0 aliphatic heterocycles. The largest absolute Gasteiger partial charge is 0.495 e. The van der Waals surface area contributed by atoms with Gasteiger partial charge in [0.2, 0.25) is 5.91 Å². The van der Waals surface area contributed by atoms with Crippen molar-refractivity contribution < 1.29 is 9.53 Å². The summed E-state index contributed by atoms with van der Waals surface area (Å²) < 4.78 is 6.18. The Labute approximate surface area is 149 Å². The number of nitrogens with zero attached hydrogens (tertiary/aromatic N) is 1. The number of halogens is 1. The first-order valence-electron chi connectivity index (χ1n) is 7.34. The third kappa shape index (κ3) is 5.58. The molecule has 0 saturated heterocycles. The van der Waals surface area contributed by atoms with Gasteiger partial charge in [-0.2, -0.15) is 0 Å². The number of carbonyl (C=O) groups excluding carboxylic acids is 1. The average molecular weight is 391 g/mol. The fourth-order valence-electron chi connectivity index (χ4n) is 1.96. The van der Waals surface area contributed by atoms with Crippen LogP contribution in [-0.2, 0) is 4.79 Å². The van der Waals surface area contributed by atoms with Gasteiger partial charge in [-0.25, -0.2) is 0 Å². The SMILES string of the molecule is COc1ccccc1NC(N)=NCCC(=O)Nc1ccc(Br)cc1. The second-order valence-corrected chi connectivity index (χ2v) is 5.81. The van der Waals surface area contributed by atoms with Gasteiger partial charge in [-0.3, -0.25) is 9.79 Å². The lowest BCUT2D eigenvalue weighted by Crippen LogP contribution is -2.23. The molecule has 0 bridgehead atoms. The third-order valence-corrected chi connectivity index (χ3v) is 3.65. The number of anilines is 2. The second kappa shape index (κ2) is 8.93. The van der Waals surface area contributed by atoms with E-state index in [1.807, 2.05) is 48.5 Å². The lowest BCUT2D eigenvalue weighted by Gasteiger charge is -2.10. The maximum absolute atomic E-state index is 11.9. The van der Waals surface area contributed by atoms with Crippen molar-refractivity contribution >= 4 is 39.2 Å². The Hall–Kier alpha value is -2.54. The highest BCUT2D eigenvalue weighted by molar-refractivity contribution is 9.10. The molecule has 2 rings (SSSR count). The van der Waals surface area contributed by atoms with Crippen molar-refractivity contribution in [2.75, 3.05) is 24.3 Å². The van der Waals surface area contributed by atoms with Crippen LogP contribution in [0.1, 0.15) is 6.42 Å². The van der Waals surface area contributed by atoms with E-state index in [-0.39, 0.29) is 24.8 Å². The van der Waals surface area contributed by atoms with Crippen LogP contribution in [0.25, 0.3) is 0 Å². The van der Waals surface area contributed by atoms with Crippen molar-refractivity contribution in [2.24, 2.45) is 10.7 Å². The van der Waals surface area contributed by atoms with Crippen LogP contribution < -0.4 is 21.1 Å². The maximum Gasteiger partial charge on any atom is 0.226 e. The van der Waals surface area contributed by atoms with Crippen molar-refractivity contribution in [3.63, 3.8) is 0 Å². The summed E-state index contributed by atoms with van der Waals surface area (Å²) in [6.07, 6.45) is 0.240. The number of benzene rings is 2. The molecular weight excluding hydrogens is 372 g/mol. The Kier molecular flexibility index (Phi) is 6.62. The molecular formula is C17H19BrN4O2. The summed E-state index contributed by atoms with van der Waals surface area (Å²) in [7, 11) is 1.58. The average Bonchev–Trinajstić information content (AvgIpc) is 2.57. The van der Waals surface area contributed by atoms with Crippen molar-refractivity contribution in [1.82, 2.24) is 0 Å². The van der Waals surface area contributed by atoms with Crippen molar-refractivity contribution in [1.29, 1.82) is 0 Å². The number of nitrogens with two attached hydrogens (primary N) is 1. The highest BCUT2D eigenvalue weighted by Crippen LogP contribution is 2.22. The third-order valence-electron chi connectivity index (χ3n) is 3.12. The second-order valence-electron chi connectivity index (χ2n) is 4.90.